The predicted molar refractivity (Wildman–Crippen MR) is 171 cm³/mol. The van der Waals surface area contributed by atoms with Gasteiger partial charge >= 0.3 is 5.97 Å². The summed E-state index contributed by atoms with van der Waals surface area (Å²) in [6.07, 6.45) is 9.97. The van der Waals surface area contributed by atoms with Crippen LogP contribution >= 0.6 is 0 Å². The predicted octanol–water partition coefficient (Wildman–Crippen LogP) is 4.90. The normalized spacial score (nSPS) is 14.2. The Morgan fingerprint density at radius 2 is 1.84 bits per heavy atom. The monoisotopic (exact) mass is 596 g/mol. The fraction of sp³-hybridized carbons (Fsp3) is 0.353. The number of amides is 1. The smallest absolute Gasteiger partial charge is 0.326 e. The Morgan fingerprint density at radius 1 is 1.07 bits per heavy atom. The van der Waals surface area contributed by atoms with Gasteiger partial charge in [-0.2, -0.15) is 0 Å². The zero-order valence-electron chi connectivity index (χ0n) is 25.5. The summed E-state index contributed by atoms with van der Waals surface area (Å²) in [7, 11) is 1.65. The number of rotatable bonds is 12. The number of benzene rings is 2. The number of nitrogens with zero attached hydrogens (tertiary/aromatic N) is 4. The lowest BCUT2D eigenvalue weighted by Crippen LogP contribution is -2.42. The topological polar surface area (TPSA) is 122 Å². The molecular formula is C34H40N6O4. The third-order valence-corrected chi connectivity index (χ3v) is 8.31. The molecule has 1 aliphatic heterocycles. The Hall–Kier alpha value is -4.86. The number of carboxylic acid groups (broad SMARTS) is 1. The zero-order chi connectivity index (χ0) is 31.1. The first-order chi connectivity index (χ1) is 21.3. The molecule has 1 saturated heterocycles. The number of aromatic nitrogens is 3. The highest BCUT2D eigenvalue weighted by molar-refractivity contribution is 5.99. The molecule has 3 heterocycles. The second kappa shape index (κ2) is 14.1. The molecule has 0 aliphatic carbocycles. The van der Waals surface area contributed by atoms with E-state index in [-0.39, 0.29) is 12.3 Å². The second-order valence-corrected chi connectivity index (χ2v) is 11.2. The van der Waals surface area contributed by atoms with Crippen molar-refractivity contribution in [1.82, 2.24) is 19.9 Å². The number of carbonyl (C=O) groups is 2. The van der Waals surface area contributed by atoms with Gasteiger partial charge in [0.15, 0.2) is 0 Å². The highest BCUT2D eigenvalue weighted by atomic mass is 16.5. The van der Waals surface area contributed by atoms with Crippen LogP contribution in [0.4, 0.5) is 11.5 Å². The maximum atomic E-state index is 13.4. The van der Waals surface area contributed by atoms with Gasteiger partial charge < -0.3 is 29.9 Å². The van der Waals surface area contributed by atoms with Crippen molar-refractivity contribution in [2.75, 3.05) is 37.0 Å². The van der Waals surface area contributed by atoms with E-state index in [9.17, 15) is 14.7 Å². The standard InChI is InChI=1S/C34H40N6O4/c1-4-26-19-28(40-16-13-35-22-40)17-23(2)32(26)33(41)38-30(34(42)43)18-24-5-7-27(8-6-24)39-14-10-25(11-15-39)21-37-31-20-29(44-3)9-12-36-31/h5-9,12-13,16-17,19-20,22,25,30H,4,10-11,14-15,18,21H2,1-3H3,(H,36,37)(H,38,41)(H,42,43). The van der Waals surface area contributed by atoms with Crippen LogP contribution in [0.25, 0.3) is 5.69 Å². The third kappa shape index (κ3) is 7.37. The molecule has 1 atom stereocenters. The fourth-order valence-corrected chi connectivity index (χ4v) is 5.79. The second-order valence-electron chi connectivity index (χ2n) is 11.2. The van der Waals surface area contributed by atoms with Gasteiger partial charge in [0.25, 0.3) is 5.91 Å². The van der Waals surface area contributed by atoms with Crippen LogP contribution in [0.1, 0.15) is 46.8 Å². The summed E-state index contributed by atoms with van der Waals surface area (Å²) in [4.78, 5) is 36.4. The summed E-state index contributed by atoms with van der Waals surface area (Å²) >= 11 is 0. The molecule has 10 nitrogen and oxygen atoms in total. The van der Waals surface area contributed by atoms with Crippen LogP contribution in [0.15, 0.2) is 73.4 Å². The van der Waals surface area contributed by atoms with Crippen LogP contribution in [0.3, 0.4) is 0 Å². The van der Waals surface area contributed by atoms with Crippen LogP contribution in [0.2, 0.25) is 0 Å². The summed E-state index contributed by atoms with van der Waals surface area (Å²) in [5, 5.41) is 16.2. The van der Waals surface area contributed by atoms with E-state index in [0.29, 0.717) is 17.9 Å². The molecule has 4 aromatic rings. The number of aryl methyl sites for hydroxylation is 2. The molecule has 0 spiro atoms. The lowest BCUT2D eigenvalue weighted by atomic mass is 9.96. The number of hydrogen-bond donors (Lipinski definition) is 3. The lowest BCUT2D eigenvalue weighted by Gasteiger charge is -2.34. The van der Waals surface area contributed by atoms with Crippen molar-refractivity contribution in [2.24, 2.45) is 5.92 Å². The number of nitrogens with one attached hydrogen (secondary N) is 2. The lowest BCUT2D eigenvalue weighted by molar-refractivity contribution is -0.139. The maximum absolute atomic E-state index is 13.4. The molecular weight excluding hydrogens is 556 g/mol. The minimum Gasteiger partial charge on any atom is -0.497 e. The Labute approximate surface area is 258 Å². The number of carboxylic acids is 1. The average molecular weight is 597 g/mol. The van der Waals surface area contributed by atoms with Gasteiger partial charge in [-0.3, -0.25) is 4.79 Å². The van der Waals surface area contributed by atoms with Gasteiger partial charge in [-0.15, -0.1) is 0 Å². The van der Waals surface area contributed by atoms with E-state index in [4.69, 9.17) is 4.74 Å². The minimum atomic E-state index is -1.06. The molecule has 1 amide bonds. The van der Waals surface area contributed by atoms with Crippen molar-refractivity contribution >= 4 is 23.4 Å². The molecule has 0 bridgehead atoms. The van der Waals surface area contributed by atoms with Crippen molar-refractivity contribution in [3.63, 3.8) is 0 Å². The number of aliphatic carboxylic acids is 1. The average Bonchev–Trinajstić information content (AvgIpc) is 3.59. The van der Waals surface area contributed by atoms with Crippen molar-refractivity contribution in [3.8, 4) is 11.4 Å². The van der Waals surface area contributed by atoms with Crippen LogP contribution in [0.5, 0.6) is 5.75 Å². The van der Waals surface area contributed by atoms with E-state index >= 15 is 0 Å². The molecule has 2 aromatic heterocycles. The Bertz CT molecular complexity index is 1560. The molecule has 1 unspecified atom stereocenters. The molecule has 1 aliphatic rings. The summed E-state index contributed by atoms with van der Waals surface area (Å²) < 4.78 is 7.16. The molecule has 10 heteroatoms. The number of ether oxygens (including phenoxy) is 1. The molecule has 1 fully saturated rings. The molecule has 2 aromatic carbocycles. The Morgan fingerprint density at radius 3 is 2.50 bits per heavy atom. The van der Waals surface area contributed by atoms with Crippen LogP contribution in [-0.2, 0) is 17.6 Å². The summed E-state index contributed by atoms with van der Waals surface area (Å²) in [5.41, 5.74) is 5.05. The summed E-state index contributed by atoms with van der Waals surface area (Å²) in [5.74, 6) is 0.725. The summed E-state index contributed by atoms with van der Waals surface area (Å²) in [6, 6.07) is 14.6. The first-order valence-corrected chi connectivity index (χ1v) is 15.1. The molecule has 0 saturated carbocycles. The van der Waals surface area contributed by atoms with Crippen LogP contribution in [-0.4, -0.2) is 64.3 Å². The van der Waals surface area contributed by atoms with E-state index < -0.39 is 12.0 Å². The molecule has 3 N–H and O–H groups in total. The number of imidazole rings is 1. The quantitative estimate of drug-likeness (QED) is 0.211. The van der Waals surface area contributed by atoms with Crippen LogP contribution < -0.4 is 20.3 Å². The van der Waals surface area contributed by atoms with E-state index in [1.165, 1.54) is 0 Å². The number of methoxy groups -OCH3 is 1. The maximum Gasteiger partial charge on any atom is 0.326 e. The fourth-order valence-electron chi connectivity index (χ4n) is 5.79. The summed E-state index contributed by atoms with van der Waals surface area (Å²) in [6.45, 7) is 6.62. The third-order valence-electron chi connectivity index (χ3n) is 8.31. The first-order valence-electron chi connectivity index (χ1n) is 15.1. The highest BCUT2D eigenvalue weighted by Crippen LogP contribution is 2.25. The zero-order valence-corrected chi connectivity index (χ0v) is 25.5. The van der Waals surface area contributed by atoms with Gasteiger partial charge in [-0.25, -0.2) is 14.8 Å². The van der Waals surface area contributed by atoms with E-state index in [0.717, 1.165) is 72.1 Å². The van der Waals surface area contributed by atoms with Gasteiger partial charge in [0.1, 0.15) is 17.6 Å². The van der Waals surface area contributed by atoms with E-state index in [2.05, 4.69) is 25.5 Å². The Kier molecular flexibility index (Phi) is 9.79. The first kappa shape index (κ1) is 30.6. The molecule has 44 heavy (non-hydrogen) atoms. The van der Waals surface area contributed by atoms with Gasteiger partial charge in [0.2, 0.25) is 0 Å². The number of carbonyl (C=O) groups excluding carboxylic acids is 1. The minimum absolute atomic E-state index is 0.195. The van der Waals surface area contributed by atoms with Crippen molar-refractivity contribution in [2.45, 2.75) is 45.6 Å². The van der Waals surface area contributed by atoms with E-state index in [1.54, 1.807) is 25.8 Å². The molecule has 0 radical (unpaired) electrons. The Balaban J connectivity index is 1.16. The van der Waals surface area contributed by atoms with Gasteiger partial charge in [-0.1, -0.05) is 19.1 Å². The van der Waals surface area contributed by atoms with Gasteiger partial charge in [0, 0.05) is 67.7 Å². The van der Waals surface area contributed by atoms with Crippen molar-refractivity contribution in [3.05, 3.63) is 95.7 Å². The largest absolute Gasteiger partial charge is 0.497 e. The number of pyridine rings is 1. The van der Waals surface area contributed by atoms with Gasteiger partial charge in [0.05, 0.1) is 13.4 Å². The number of hydrogen-bond acceptors (Lipinski definition) is 7. The van der Waals surface area contributed by atoms with Crippen molar-refractivity contribution < 1.29 is 19.4 Å². The van der Waals surface area contributed by atoms with Crippen molar-refractivity contribution in [1.29, 1.82) is 0 Å². The number of anilines is 2. The highest BCUT2D eigenvalue weighted by Gasteiger charge is 2.25. The molecule has 5 rings (SSSR count). The number of piperidine rings is 1. The van der Waals surface area contributed by atoms with E-state index in [1.807, 2.05) is 73.1 Å². The molecule has 230 valence electrons. The van der Waals surface area contributed by atoms with Gasteiger partial charge in [-0.05, 0) is 79.1 Å². The SMILES string of the molecule is CCc1cc(-n2ccnc2)cc(C)c1C(=O)NC(Cc1ccc(N2CCC(CNc3cc(OC)ccn3)CC2)cc1)C(=O)O. The van der Waals surface area contributed by atoms with Crippen LogP contribution in [0, 0.1) is 12.8 Å².